The maximum Gasteiger partial charge on any atom is 0.00111 e. The second-order valence-corrected chi connectivity index (χ2v) is 7.08. The van der Waals surface area contributed by atoms with Crippen LogP contribution in [0.5, 0.6) is 0 Å². The van der Waals surface area contributed by atoms with Gasteiger partial charge >= 0.3 is 0 Å². The minimum Gasteiger partial charge on any atom is -0.316 e. The van der Waals surface area contributed by atoms with E-state index in [-0.39, 0.29) is 0 Å². The fourth-order valence-corrected chi connectivity index (χ4v) is 3.49. The Hall–Kier alpha value is -0.820. The lowest BCUT2D eigenvalue weighted by molar-refractivity contribution is 0.273. The van der Waals surface area contributed by atoms with Gasteiger partial charge in [-0.15, -0.1) is 0 Å². The van der Waals surface area contributed by atoms with Crippen LogP contribution in [0.2, 0.25) is 0 Å². The summed E-state index contributed by atoms with van der Waals surface area (Å²) in [6, 6.07) is 9.31. The largest absolute Gasteiger partial charge is 0.316 e. The highest BCUT2D eigenvalue weighted by molar-refractivity contribution is 5.23. The fourth-order valence-electron chi connectivity index (χ4n) is 3.49. The molecule has 1 saturated carbocycles. The van der Waals surface area contributed by atoms with E-state index >= 15 is 0 Å². The third kappa shape index (κ3) is 4.34. The first-order valence-electron chi connectivity index (χ1n) is 8.42. The molecule has 1 N–H and O–H groups in total. The highest BCUT2D eigenvalue weighted by Gasteiger charge is 2.33. The smallest absolute Gasteiger partial charge is 0.00111 e. The van der Waals surface area contributed by atoms with E-state index in [0.717, 1.165) is 18.9 Å². The van der Waals surface area contributed by atoms with Gasteiger partial charge in [-0.2, -0.15) is 0 Å². The zero-order valence-corrected chi connectivity index (χ0v) is 13.5. The molecule has 0 spiro atoms. The van der Waals surface area contributed by atoms with Crippen molar-refractivity contribution in [3.63, 3.8) is 0 Å². The van der Waals surface area contributed by atoms with Crippen molar-refractivity contribution in [3.8, 4) is 0 Å². The summed E-state index contributed by atoms with van der Waals surface area (Å²) in [5, 5.41) is 3.71. The van der Waals surface area contributed by atoms with Crippen LogP contribution in [0.4, 0.5) is 0 Å². The van der Waals surface area contributed by atoms with Gasteiger partial charge in [0.05, 0.1) is 0 Å². The SMILES string of the molecule is CCc1ccc(CC2(CNCC(C)C)CCCC2)cc1. The van der Waals surface area contributed by atoms with Crippen molar-refractivity contribution in [2.45, 2.75) is 59.3 Å². The van der Waals surface area contributed by atoms with Gasteiger partial charge in [0.1, 0.15) is 0 Å². The van der Waals surface area contributed by atoms with Crippen molar-refractivity contribution < 1.29 is 0 Å². The molecule has 0 amide bonds. The van der Waals surface area contributed by atoms with E-state index in [1.807, 2.05) is 0 Å². The lowest BCUT2D eigenvalue weighted by atomic mass is 9.79. The molecule has 0 aliphatic heterocycles. The predicted molar refractivity (Wildman–Crippen MR) is 88.1 cm³/mol. The van der Waals surface area contributed by atoms with Crippen molar-refractivity contribution in [3.05, 3.63) is 35.4 Å². The van der Waals surface area contributed by atoms with Crippen LogP contribution in [-0.4, -0.2) is 13.1 Å². The first kappa shape index (κ1) is 15.6. The monoisotopic (exact) mass is 273 g/mol. The minimum atomic E-state index is 0.516. The second-order valence-electron chi connectivity index (χ2n) is 7.08. The minimum absolute atomic E-state index is 0.516. The van der Waals surface area contributed by atoms with Crippen LogP contribution in [0.3, 0.4) is 0 Å². The summed E-state index contributed by atoms with van der Waals surface area (Å²) >= 11 is 0. The molecule has 1 aliphatic carbocycles. The molecule has 1 heteroatoms. The van der Waals surface area contributed by atoms with Crippen molar-refractivity contribution in [2.75, 3.05) is 13.1 Å². The zero-order chi connectivity index (χ0) is 14.4. The predicted octanol–water partition coefficient (Wildman–Crippen LogP) is 4.60. The van der Waals surface area contributed by atoms with Crippen molar-refractivity contribution in [2.24, 2.45) is 11.3 Å². The van der Waals surface area contributed by atoms with Crippen molar-refractivity contribution >= 4 is 0 Å². The summed E-state index contributed by atoms with van der Waals surface area (Å²) < 4.78 is 0. The van der Waals surface area contributed by atoms with Gasteiger partial charge in [0.15, 0.2) is 0 Å². The number of benzene rings is 1. The summed E-state index contributed by atoms with van der Waals surface area (Å²) in [5.41, 5.74) is 3.49. The first-order chi connectivity index (χ1) is 9.63. The van der Waals surface area contributed by atoms with E-state index in [4.69, 9.17) is 0 Å². The van der Waals surface area contributed by atoms with Gasteiger partial charge in [-0.3, -0.25) is 0 Å². The summed E-state index contributed by atoms with van der Waals surface area (Å²) in [7, 11) is 0. The van der Waals surface area contributed by atoms with Crippen LogP contribution >= 0.6 is 0 Å². The van der Waals surface area contributed by atoms with Crippen LogP contribution in [0, 0.1) is 11.3 Å². The normalized spacial score (nSPS) is 17.8. The quantitative estimate of drug-likeness (QED) is 0.765. The van der Waals surface area contributed by atoms with Gasteiger partial charge in [0.25, 0.3) is 0 Å². The molecule has 0 bridgehead atoms. The third-order valence-corrected chi connectivity index (χ3v) is 4.73. The van der Waals surface area contributed by atoms with Crippen LogP contribution in [0.1, 0.15) is 57.6 Å². The molecule has 0 aromatic heterocycles. The van der Waals surface area contributed by atoms with E-state index in [9.17, 15) is 0 Å². The van der Waals surface area contributed by atoms with Gasteiger partial charge in [-0.25, -0.2) is 0 Å². The Kier molecular flexibility index (Phi) is 5.65. The van der Waals surface area contributed by atoms with Crippen LogP contribution in [0.15, 0.2) is 24.3 Å². The Morgan fingerprint density at radius 3 is 2.20 bits per heavy atom. The van der Waals surface area contributed by atoms with Gasteiger partial charge in [-0.1, -0.05) is 57.9 Å². The number of nitrogens with one attached hydrogen (secondary N) is 1. The lowest BCUT2D eigenvalue weighted by Gasteiger charge is -2.30. The molecule has 112 valence electrons. The Balaban J connectivity index is 1.96. The fraction of sp³-hybridized carbons (Fsp3) is 0.684. The molecule has 1 fully saturated rings. The molecule has 1 aromatic rings. The molecule has 2 rings (SSSR count). The van der Waals surface area contributed by atoms with Gasteiger partial charge in [0, 0.05) is 6.54 Å². The molecular formula is C19H31N. The van der Waals surface area contributed by atoms with Gasteiger partial charge < -0.3 is 5.32 Å². The van der Waals surface area contributed by atoms with Gasteiger partial charge in [-0.05, 0) is 54.7 Å². The first-order valence-corrected chi connectivity index (χ1v) is 8.42. The molecule has 0 atom stereocenters. The Morgan fingerprint density at radius 1 is 1.05 bits per heavy atom. The molecule has 1 aromatic carbocycles. The number of hydrogen-bond acceptors (Lipinski definition) is 1. The maximum atomic E-state index is 3.71. The second kappa shape index (κ2) is 7.26. The van der Waals surface area contributed by atoms with Gasteiger partial charge in [0.2, 0.25) is 0 Å². The van der Waals surface area contributed by atoms with E-state index in [1.165, 1.54) is 49.8 Å². The zero-order valence-electron chi connectivity index (χ0n) is 13.5. The van der Waals surface area contributed by atoms with E-state index in [1.54, 1.807) is 0 Å². The van der Waals surface area contributed by atoms with Crippen LogP contribution in [-0.2, 0) is 12.8 Å². The third-order valence-electron chi connectivity index (χ3n) is 4.73. The molecular weight excluding hydrogens is 242 g/mol. The molecule has 20 heavy (non-hydrogen) atoms. The number of rotatable bonds is 7. The standard InChI is InChI=1S/C19H31N/c1-4-17-7-9-18(10-8-17)13-19(11-5-6-12-19)15-20-14-16(2)3/h7-10,16,20H,4-6,11-15H2,1-3H3. The van der Waals surface area contributed by atoms with Crippen molar-refractivity contribution in [1.82, 2.24) is 5.32 Å². The highest BCUT2D eigenvalue weighted by Crippen LogP contribution is 2.40. The molecule has 1 nitrogen and oxygen atoms in total. The van der Waals surface area contributed by atoms with Crippen molar-refractivity contribution in [1.29, 1.82) is 0 Å². The number of aryl methyl sites for hydroxylation is 1. The van der Waals surface area contributed by atoms with Crippen LogP contribution in [0.25, 0.3) is 0 Å². The van der Waals surface area contributed by atoms with Crippen LogP contribution < -0.4 is 5.32 Å². The molecule has 0 unspecified atom stereocenters. The topological polar surface area (TPSA) is 12.0 Å². The Morgan fingerprint density at radius 2 is 1.65 bits per heavy atom. The molecule has 1 aliphatic rings. The summed E-state index contributed by atoms with van der Waals surface area (Å²) in [5.74, 6) is 0.747. The average molecular weight is 273 g/mol. The van der Waals surface area contributed by atoms with E-state index in [0.29, 0.717) is 5.41 Å². The number of hydrogen-bond donors (Lipinski definition) is 1. The highest BCUT2D eigenvalue weighted by atomic mass is 14.9. The lowest BCUT2D eigenvalue weighted by Crippen LogP contribution is -2.35. The van der Waals surface area contributed by atoms with E-state index in [2.05, 4.69) is 50.4 Å². The Labute approximate surface area is 125 Å². The average Bonchev–Trinajstić information content (AvgIpc) is 2.88. The summed E-state index contributed by atoms with van der Waals surface area (Å²) in [4.78, 5) is 0. The van der Waals surface area contributed by atoms with E-state index < -0.39 is 0 Å². The molecule has 0 heterocycles. The maximum absolute atomic E-state index is 3.71. The Bertz CT molecular complexity index is 385. The molecule has 0 radical (unpaired) electrons. The molecule has 0 saturated heterocycles. The summed E-state index contributed by atoms with van der Waals surface area (Å²) in [6.45, 7) is 9.15. The summed E-state index contributed by atoms with van der Waals surface area (Å²) in [6.07, 6.45) is 8.01.